The van der Waals surface area contributed by atoms with Gasteiger partial charge >= 0.3 is 0 Å². The van der Waals surface area contributed by atoms with Gasteiger partial charge in [-0.2, -0.15) is 0 Å². The number of ether oxygens (including phenoxy) is 3. The SMILES string of the molecule is COc1ccccc1CC(=O)CC(=O)Cc1ccc(Oc2ccnc3cc(-c4cccc(CN5CCOCC5)c4)sc23)c(F)c1. The number of morpholine rings is 1. The summed E-state index contributed by atoms with van der Waals surface area (Å²) >= 11 is 1.55. The van der Waals surface area contributed by atoms with Crippen LogP contribution in [-0.2, 0) is 33.7 Å². The highest BCUT2D eigenvalue weighted by molar-refractivity contribution is 7.22. The quantitative estimate of drug-likeness (QED) is 0.138. The van der Waals surface area contributed by atoms with Gasteiger partial charge < -0.3 is 14.2 Å². The number of thiophene rings is 1. The third-order valence-electron chi connectivity index (χ3n) is 7.69. The van der Waals surface area contributed by atoms with Crippen molar-refractivity contribution in [3.05, 3.63) is 108 Å². The maximum atomic E-state index is 15.2. The lowest BCUT2D eigenvalue weighted by Crippen LogP contribution is -2.35. The van der Waals surface area contributed by atoms with Crippen LogP contribution in [0.2, 0.25) is 0 Å². The van der Waals surface area contributed by atoms with Crippen LogP contribution in [0.5, 0.6) is 17.2 Å². The predicted octanol–water partition coefficient (Wildman–Crippen LogP) is 7.05. The van der Waals surface area contributed by atoms with Gasteiger partial charge in [-0.05, 0) is 47.0 Å². The van der Waals surface area contributed by atoms with E-state index in [2.05, 4.69) is 34.1 Å². The van der Waals surface area contributed by atoms with Gasteiger partial charge in [0.25, 0.3) is 0 Å². The topological polar surface area (TPSA) is 78.0 Å². The maximum absolute atomic E-state index is 15.2. The number of fused-ring (bicyclic) bond motifs is 1. The lowest BCUT2D eigenvalue weighted by molar-refractivity contribution is -0.126. The smallest absolute Gasteiger partial charge is 0.166 e. The number of methoxy groups -OCH3 is 1. The van der Waals surface area contributed by atoms with Gasteiger partial charge in [0.05, 0.1) is 37.0 Å². The number of rotatable bonds is 12. The number of hydrogen-bond acceptors (Lipinski definition) is 8. The molecule has 1 aliphatic rings. The van der Waals surface area contributed by atoms with Crippen molar-refractivity contribution in [2.45, 2.75) is 25.8 Å². The van der Waals surface area contributed by atoms with E-state index in [9.17, 15) is 9.59 Å². The highest BCUT2D eigenvalue weighted by Crippen LogP contribution is 2.40. The number of hydrogen-bond donors (Lipinski definition) is 0. The molecule has 1 saturated heterocycles. The molecule has 0 atom stereocenters. The zero-order valence-corrected chi connectivity index (χ0v) is 25.8. The van der Waals surface area contributed by atoms with Gasteiger partial charge in [-0.25, -0.2) is 4.39 Å². The molecule has 230 valence electrons. The summed E-state index contributed by atoms with van der Waals surface area (Å²) in [5, 5.41) is 0. The normalized spacial score (nSPS) is 13.6. The number of para-hydroxylation sites is 1. The molecule has 3 aromatic carbocycles. The van der Waals surface area contributed by atoms with Crippen molar-refractivity contribution >= 4 is 33.1 Å². The van der Waals surface area contributed by atoms with Crippen LogP contribution in [0, 0.1) is 5.82 Å². The summed E-state index contributed by atoms with van der Waals surface area (Å²) in [6, 6.07) is 23.9. The zero-order chi connectivity index (χ0) is 31.2. The highest BCUT2D eigenvalue weighted by atomic mass is 32.1. The summed E-state index contributed by atoms with van der Waals surface area (Å²) in [4.78, 5) is 33.1. The van der Waals surface area contributed by atoms with E-state index >= 15 is 4.39 Å². The predicted molar refractivity (Wildman–Crippen MR) is 173 cm³/mol. The lowest BCUT2D eigenvalue weighted by Gasteiger charge is -2.26. The minimum absolute atomic E-state index is 0.0484. The van der Waals surface area contributed by atoms with Gasteiger partial charge in [0.15, 0.2) is 11.6 Å². The van der Waals surface area contributed by atoms with Crippen molar-refractivity contribution in [2.24, 2.45) is 0 Å². The fourth-order valence-corrected chi connectivity index (χ4v) is 6.53. The van der Waals surface area contributed by atoms with Gasteiger partial charge in [0, 0.05) is 55.2 Å². The molecular weight excluding hydrogens is 591 g/mol. The molecule has 5 aromatic rings. The molecule has 1 fully saturated rings. The monoisotopic (exact) mass is 624 g/mol. The molecular formula is C36H33FN2O5S. The van der Waals surface area contributed by atoms with Crippen LogP contribution >= 0.6 is 11.3 Å². The van der Waals surface area contributed by atoms with E-state index in [1.807, 2.05) is 18.2 Å². The molecule has 0 radical (unpaired) electrons. The standard InChI is InChI=1S/C36H33FN2O5S/c1-42-32-8-3-2-6-26(32)20-29(41)21-28(40)18-24-9-10-33(30(37)19-24)44-34-11-12-38-31-22-35(45-36(31)34)27-7-4-5-25(17-27)23-39-13-15-43-16-14-39/h2-12,17,19,22H,13-16,18,20-21,23H2,1H3. The molecule has 0 spiro atoms. The van der Waals surface area contributed by atoms with Crippen molar-refractivity contribution in [1.82, 2.24) is 9.88 Å². The minimum atomic E-state index is -0.585. The number of Topliss-reactive ketones (excluding diaryl/α,β-unsaturated/α-hetero) is 2. The van der Waals surface area contributed by atoms with E-state index in [-0.39, 0.29) is 36.6 Å². The Bertz CT molecular complexity index is 1830. The van der Waals surface area contributed by atoms with Gasteiger partial charge in [-0.3, -0.25) is 19.5 Å². The van der Waals surface area contributed by atoms with Gasteiger partial charge in [-0.1, -0.05) is 42.5 Å². The summed E-state index contributed by atoms with van der Waals surface area (Å²) in [6.45, 7) is 4.25. The lowest BCUT2D eigenvalue weighted by atomic mass is 10.0. The molecule has 1 aliphatic heterocycles. The first kappa shape index (κ1) is 30.6. The summed E-state index contributed by atoms with van der Waals surface area (Å²) in [6.07, 6.45) is 1.47. The first-order valence-electron chi connectivity index (χ1n) is 14.8. The van der Waals surface area contributed by atoms with Crippen LogP contribution in [0.4, 0.5) is 4.39 Å². The van der Waals surface area contributed by atoms with Crippen LogP contribution in [-0.4, -0.2) is 54.9 Å². The second-order valence-electron chi connectivity index (χ2n) is 11.0. The van der Waals surface area contributed by atoms with Crippen molar-refractivity contribution < 1.29 is 28.2 Å². The van der Waals surface area contributed by atoms with Gasteiger partial charge in [0.2, 0.25) is 0 Å². The molecule has 2 aromatic heterocycles. The molecule has 0 saturated carbocycles. The molecule has 0 aliphatic carbocycles. The fraction of sp³-hybridized carbons (Fsp3) is 0.250. The van der Waals surface area contributed by atoms with Crippen LogP contribution in [0.25, 0.3) is 20.7 Å². The summed E-state index contributed by atoms with van der Waals surface area (Å²) in [5.74, 6) is 0.0802. The van der Waals surface area contributed by atoms with Crippen molar-refractivity contribution in [2.75, 3.05) is 33.4 Å². The Morgan fingerprint density at radius 3 is 2.53 bits per heavy atom. The fourth-order valence-electron chi connectivity index (χ4n) is 5.47. The largest absolute Gasteiger partial charge is 0.496 e. The van der Waals surface area contributed by atoms with Crippen LogP contribution < -0.4 is 9.47 Å². The Labute approximate surface area is 265 Å². The van der Waals surface area contributed by atoms with Gasteiger partial charge in [-0.15, -0.1) is 11.3 Å². The molecule has 0 unspecified atom stereocenters. The molecule has 45 heavy (non-hydrogen) atoms. The van der Waals surface area contributed by atoms with Crippen LogP contribution in [0.1, 0.15) is 23.1 Å². The van der Waals surface area contributed by atoms with Gasteiger partial charge in [0.1, 0.15) is 23.1 Å². The number of pyridine rings is 1. The van der Waals surface area contributed by atoms with E-state index in [4.69, 9.17) is 14.2 Å². The number of benzene rings is 3. The maximum Gasteiger partial charge on any atom is 0.166 e. The van der Waals surface area contributed by atoms with E-state index in [1.165, 1.54) is 17.7 Å². The number of ketones is 2. The molecule has 0 bridgehead atoms. The van der Waals surface area contributed by atoms with Crippen LogP contribution in [0.3, 0.4) is 0 Å². The third kappa shape index (κ3) is 7.62. The average Bonchev–Trinajstić information content (AvgIpc) is 3.49. The third-order valence-corrected chi connectivity index (χ3v) is 8.88. The Balaban J connectivity index is 1.11. The Kier molecular flexibility index (Phi) is 9.59. The molecule has 0 N–H and O–H groups in total. The Hall–Kier alpha value is -4.44. The molecule has 6 rings (SSSR count). The number of carbonyl (C=O) groups excluding carboxylic acids is 2. The van der Waals surface area contributed by atoms with Crippen molar-refractivity contribution in [1.29, 1.82) is 0 Å². The Morgan fingerprint density at radius 1 is 0.889 bits per heavy atom. The second kappa shape index (κ2) is 14.1. The summed E-state index contributed by atoms with van der Waals surface area (Å²) in [5.41, 5.74) is 4.30. The number of carbonyl (C=O) groups is 2. The first-order valence-corrected chi connectivity index (χ1v) is 15.7. The molecule has 0 amide bonds. The number of aromatic nitrogens is 1. The first-order chi connectivity index (χ1) is 21.9. The van der Waals surface area contributed by atoms with Crippen molar-refractivity contribution in [3.8, 4) is 27.7 Å². The second-order valence-corrected chi connectivity index (χ2v) is 12.1. The molecule has 9 heteroatoms. The molecule has 3 heterocycles. The van der Waals surface area contributed by atoms with Crippen LogP contribution in [0.15, 0.2) is 85.1 Å². The Morgan fingerprint density at radius 2 is 1.71 bits per heavy atom. The number of nitrogens with zero attached hydrogens (tertiary/aromatic N) is 2. The average molecular weight is 625 g/mol. The van der Waals surface area contributed by atoms with E-state index in [1.54, 1.807) is 48.9 Å². The molecule has 7 nitrogen and oxygen atoms in total. The number of halogens is 1. The summed E-state index contributed by atoms with van der Waals surface area (Å²) in [7, 11) is 1.54. The van der Waals surface area contributed by atoms with Crippen molar-refractivity contribution in [3.63, 3.8) is 0 Å². The minimum Gasteiger partial charge on any atom is -0.496 e. The van der Waals surface area contributed by atoms with E-state index in [0.29, 0.717) is 17.1 Å². The highest BCUT2D eigenvalue weighted by Gasteiger charge is 2.17. The van der Waals surface area contributed by atoms with E-state index < -0.39 is 5.82 Å². The van der Waals surface area contributed by atoms with E-state index in [0.717, 1.165) is 59.1 Å². The summed E-state index contributed by atoms with van der Waals surface area (Å²) < 4.78 is 32.8. The zero-order valence-electron chi connectivity index (χ0n) is 25.0.